The third kappa shape index (κ3) is 5.04. The average molecular weight is 411 g/mol. The Hall–Kier alpha value is -1.89. The van der Waals surface area contributed by atoms with Crippen LogP contribution >= 0.6 is 15.9 Å². The van der Waals surface area contributed by atoms with E-state index in [2.05, 4.69) is 15.9 Å². The second-order valence-corrected chi connectivity index (χ2v) is 6.90. The van der Waals surface area contributed by atoms with Gasteiger partial charge in [0.2, 0.25) is 5.91 Å². The standard InChI is InChI=1S/C18H23BrN2O4/c1-3-25-18(24)13-8-10-21(11-9-13)16(22)12-20(2)17(23)14-6-4-5-7-15(14)19/h4-7,13H,3,8-12H2,1-2H3. The summed E-state index contributed by atoms with van der Waals surface area (Å²) in [6.07, 6.45) is 1.21. The number of likely N-dealkylation sites (N-methyl/N-ethyl adjacent to an activating group) is 1. The van der Waals surface area contributed by atoms with E-state index >= 15 is 0 Å². The fraction of sp³-hybridized carbons (Fsp3) is 0.500. The number of benzene rings is 1. The molecule has 6 nitrogen and oxygen atoms in total. The van der Waals surface area contributed by atoms with Crippen LogP contribution in [0.1, 0.15) is 30.1 Å². The highest BCUT2D eigenvalue weighted by Gasteiger charge is 2.29. The lowest BCUT2D eigenvalue weighted by Crippen LogP contribution is -2.45. The molecule has 0 unspecified atom stereocenters. The lowest BCUT2D eigenvalue weighted by Gasteiger charge is -2.32. The maximum atomic E-state index is 12.5. The van der Waals surface area contributed by atoms with E-state index in [9.17, 15) is 14.4 Å². The van der Waals surface area contributed by atoms with Gasteiger partial charge in [0, 0.05) is 24.6 Å². The first-order valence-corrected chi connectivity index (χ1v) is 9.17. The van der Waals surface area contributed by atoms with E-state index in [1.54, 1.807) is 37.1 Å². The van der Waals surface area contributed by atoms with E-state index in [4.69, 9.17) is 4.74 Å². The summed E-state index contributed by atoms with van der Waals surface area (Å²) in [5, 5.41) is 0. The van der Waals surface area contributed by atoms with Crippen molar-refractivity contribution in [2.24, 2.45) is 5.92 Å². The monoisotopic (exact) mass is 410 g/mol. The van der Waals surface area contributed by atoms with Crippen LogP contribution in [0.5, 0.6) is 0 Å². The van der Waals surface area contributed by atoms with Crippen molar-refractivity contribution in [3.8, 4) is 0 Å². The number of amides is 2. The zero-order chi connectivity index (χ0) is 18.4. The highest BCUT2D eigenvalue weighted by atomic mass is 79.9. The number of likely N-dealkylation sites (tertiary alicyclic amines) is 1. The number of carbonyl (C=O) groups excluding carboxylic acids is 3. The molecule has 7 heteroatoms. The second-order valence-electron chi connectivity index (χ2n) is 6.05. The molecule has 25 heavy (non-hydrogen) atoms. The van der Waals surface area contributed by atoms with Crippen LogP contribution in [0.2, 0.25) is 0 Å². The van der Waals surface area contributed by atoms with Crippen molar-refractivity contribution < 1.29 is 19.1 Å². The number of carbonyl (C=O) groups is 3. The van der Waals surface area contributed by atoms with Crippen LogP contribution in [0.4, 0.5) is 0 Å². The van der Waals surface area contributed by atoms with Gasteiger partial charge in [-0.3, -0.25) is 14.4 Å². The molecule has 0 radical (unpaired) electrons. The second kappa shape index (κ2) is 8.99. The Bertz CT molecular complexity index is 642. The Labute approximate surface area is 156 Å². The van der Waals surface area contributed by atoms with Gasteiger partial charge < -0.3 is 14.5 Å². The first kappa shape index (κ1) is 19.4. The lowest BCUT2D eigenvalue weighted by atomic mass is 9.97. The number of ether oxygens (including phenoxy) is 1. The van der Waals surface area contributed by atoms with Gasteiger partial charge in [0.05, 0.1) is 24.6 Å². The Morgan fingerprint density at radius 2 is 1.88 bits per heavy atom. The average Bonchev–Trinajstić information content (AvgIpc) is 2.61. The first-order chi connectivity index (χ1) is 11.9. The summed E-state index contributed by atoms with van der Waals surface area (Å²) < 4.78 is 5.74. The zero-order valence-corrected chi connectivity index (χ0v) is 16.1. The number of piperidine rings is 1. The quantitative estimate of drug-likeness (QED) is 0.698. The molecule has 136 valence electrons. The van der Waals surface area contributed by atoms with Gasteiger partial charge in [-0.15, -0.1) is 0 Å². The molecule has 2 rings (SSSR count). The van der Waals surface area contributed by atoms with E-state index in [-0.39, 0.29) is 30.2 Å². The Morgan fingerprint density at radius 1 is 1.24 bits per heavy atom. The van der Waals surface area contributed by atoms with Crippen LogP contribution in [0.15, 0.2) is 28.7 Å². The van der Waals surface area contributed by atoms with Crippen LogP contribution in [0.3, 0.4) is 0 Å². The molecular formula is C18H23BrN2O4. The van der Waals surface area contributed by atoms with Crippen molar-refractivity contribution in [2.75, 3.05) is 33.3 Å². The van der Waals surface area contributed by atoms with Crippen molar-refractivity contribution in [3.63, 3.8) is 0 Å². The maximum absolute atomic E-state index is 12.5. The largest absolute Gasteiger partial charge is 0.466 e. The van der Waals surface area contributed by atoms with E-state index < -0.39 is 0 Å². The van der Waals surface area contributed by atoms with E-state index in [1.807, 2.05) is 6.07 Å². The van der Waals surface area contributed by atoms with E-state index in [0.29, 0.717) is 42.6 Å². The van der Waals surface area contributed by atoms with Crippen LogP contribution in [0.25, 0.3) is 0 Å². The molecule has 0 bridgehead atoms. The number of esters is 1. The van der Waals surface area contributed by atoms with Crippen molar-refractivity contribution >= 4 is 33.7 Å². The topological polar surface area (TPSA) is 66.9 Å². The van der Waals surface area contributed by atoms with Crippen LogP contribution in [-0.2, 0) is 14.3 Å². The smallest absolute Gasteiger partial charge is 0.309 e. The number of rotatable bonds is 5. The van der Waals surface area contributed by atoms with Gasteiger partial charge in [-0.1, -0.05) is 12.1 Å². The predicted octanol–water partition coefficient (Wildman–Crippen LogP) is 2.32. The fourth-order valence-electron chi connectivity index (χ4n) is 2.84. The molecule has 0 aliphatic carbocycles. The zero-order valence-electron chi connectivity index (χ0n) is 14.5. The van der Waals surface area contributed by atoms with Gasteiger partial charge in [0.1, 0.15) is 0 Å². The number of hydrogen-bond acceptors (Lipinski definition) is 4. The minimum Gasteiger partial charge on any atom is -0.466 e. The fourth-order valence-corrected chi connectivity index (χ4v) is 3.29. The molecule has 1 fully saturated rings. The first-order valence-electron chi connectivity index (χ1n) is 8.38. The Balaban J connectivity index is 1.87. The number of hydrogen-bond donors (Lipinski definition) is 0. The summed E-state index contributed by atoms with van der Waals surface area (Å²) >= 11 is 3.35. The molecule has 0 saturated carbocycles. The molecule has 1 saturated heterocycles. The summed E-state index contributed by atoms with van der Waals surface area (Å²) in [5.74, 6) is -0.632. The molecule has 0 aromatic heterocycles. The summed E-state index contributed by atoms with van der Waals surface area (Å²) in [6, 6.07) is 7.13. The third-order valence-electron chi connectivity index (χ3n) is 4.29. The highest BCUT2D eigenvalue weighted by molar-refractivity contribution is 9.10. The molecule has 1 aromatic rings. The number of halogens is 1. The van der Waals surface area contributed by atoms with Gasteiger partial charge in [-0.05, 0) is 47.8 Å². The molecule has 2 amide bonds. The summed E-state index contributed by atoms with van der Waals surface area (Å²) in [6.45, 7) is 3.21. The SMILES string of the molecule is CCOC(=O)C1CCN(C(=O)CN(C)C(=O)c2ccccc2Br)CC1. The molecule has 0 N–H and O–H groups in total. The third-order valence-corrected chi connectivity index (χ3v) is 4.98. The Morgan fingerprint density at radius 3 is 2.48 bits per heavy atom. The van der Waals surface area contributed by atoms with Gasteiger partial charge in [-0.2, -0.15) is 0 Å². The normalized spacial score (nSPS) is 14.9. The minimum atomic E-state index is -0.206. The van der Waals surface area contributed by atoms with Crippen molar-refractivity contribution in [2.45, 2.75) is 19.8 Å². The van der Waals surface area contributed by atoms with Gasteiger partial charge in [-0.25, -0.2) is 0 Å². The molecular weight excluding hydrogens is 388 g/mol. The van der Waals surface area contributed by atoms with Crippen LogP contribution < -0.4 is 0 Å². The molecule has 1 heterocycles. The van der Waals surface area contributed by atoms with Gasteiger partial charge in [0.25, 0.3) is 5.91 Å². The number of nitrogens with zero attached hydrogens (tertiary/aromatic N) is 2. The van der Waals surface area contributed by atoms with Gasteiger partial charge >= 0.3 is 5.97 Å². The van der Waals surface area contributed by atoms with Gasteiger partial charge in [0.15, 0.2) is 0 Å². The van der Waals surface area contributed by atoms with Crippen LogP contribution in [-0.4, -0.2) is 60.9 Å². The highest BCUT2D eigenvalue weighted by Crippen LogP contribution is 2.20. The lowest BCUT2D eigenvalue weighted by molar-refractivity contribution is -0.151. The van der Waals surface area contributed by atoms with Crippen molar-refractivity contribution in [1.82, 2.24) is 9.80 Å². The van der Waals surface area contributed by atoms with E-state index in [1.165, 1.54) is 4.90 Å². The molecule has 1 aromatic carbocycles. The molecule has 1 aliphatic heterocycles. The summed E-state index contributed by atoms with van der Waals surface area (Å²) in [7, 11) is 1.62. The Kier molecular flexibility index (Phi) is 6.99. The molecule has 1 aliphatic rings. The predicted molar refractivity (Wildman–Crippen MR) is 97.0 cm³/mol. The molecule has 0 spiro atoms. The van der Waals surface area contributed by atoms with E-state index in [0.717, 1.165) is 0 Å². The van der Waals surface area contributed by atoms with Crippen LogP contribution in [0, 0.1) is 5.92 Å². The summed E-state index contributed by atoms with van der Waals surface area (Å²) in [5.41, 5.74) is 0.527. The maximum Gasteiger partial charge on any atom is 0.309 e. The minimum absolute atomic E-state index is 0.0181. The summed E-state index contributed by atoms with van der Waals surface area (Å²) in [4.78, 5) is 39.8. The van der Waals surface area contributed by atoms with Crippen molar-refractivity contribution in [1.29, 1.82) is 0 Å². The molecule has 0 atom stereocenters. The van der Waals surface area contributed by atoms with Crippen molar-refractivity contribution in [3.05, 3.63) is 34.3 Å².